The minimum atomic E-state index is -0.311. The molecule has 0 saturated heterocycles. The van der Waals surface area contributed by atoms with Crippen LogP contribution in [-0.4, -0.2) is 11.0 Å². The smallest absolute Gasteiger partial charge is 0.323 e. The summed E-state index contributed by atoms with van der Waals surface area (Å²) < 4.78 is 5.23. The first-order valence-corrected chi connectivity index (χ1v) is 7.15. The van der Waals surface area contributed by atoms with E-state index in [-0.39, 0.29) is 6.03 Å². The number of carbonyl (C=O) groups excluding carboxylic acids is 1. The van der Waals surface area contributed by atoms with Crippen LogP contribution < -0.4 is 16.0 Å². The van der Waals surface area contributed by atoms with E-state index in [1.165, 1.54) is 0 Å². The molecule has 2 heterocycles. The number of nitrogens with one attached hydrogen (secondary N) is 3. The maximum atomic E-state index is 11.9. The number of pyridine rings is 1. The van der Waals surface area contributed by atoms with E-state index < -0.39 is 0 Å². The predicted molar refractivity (Wildman–Crippen MR) is 89.4 cm³/mol. The number of aromatic nitrogens is 1. The van der Waals surface area contributed by atoms with Crippen molar-refractivity contribution >= 4 is 23.2 Å². The summed E-state index contributed by atoms with van der Waals surface area (Å²) in [5, 5.41) is 8.61. The van der Waals surface area contributed by atoms with Gasteiger partial charge in [-0.3, -0.25) is 0 Å². The summed E-state index contributed by atoms with van der Waals surface area (Å²) in [5.74, 6) is 1.53. The second kappa shape index (κ2) is 7.13. The summed E-state index contributed by atoms with van der Waals surface area (Å²) in [4.78, 5) is 16.1. The van der Waals surface area contributed by atoms with Crippen molar-refractivity contribution in [3.05, 3.63) is 72.8 Å². The number of amides is 2. The van der Waals surface area contributed by atoms with Crippen molar-refractivity contribution in [2.45, 2.75) is 6.54 Å². The largest absolute Gasteiger partial charge is 0.467 e. The third kappa shape index (κ3) is 4.34. The Labute approximate surface area is 133 Å². The van der Waals surface area contributed by atoms with Gasteiger partial charge in [-0.05, 0) is 36.4 Å². The lowest BCUT2D eigenvalue weighted by Crippen LogP contribution is -2.19. The monoisotopic (exact) mass is 308 g/mol. The van der Waals surface area contributed by atoms with Crippen LogP contribution in [0.3, 0.4) is 0 Å². The zero-order valence-electron chi connectivity index (χ0n) is 12.3. The molecule has 23 heavy (non-hydrogen) atoms. The van der Waals surface area contributed by atoms with Gasteiger partial charge in [-0.2, -0.15) is 0 Å². The fourth-order valence-electron chi connectivity index (χ4n) is 1.98. The molecule has 0 saturated carbocycles. The second-order valence-electron chi connectivity index (χ2n) is 4.81. The van der Waals surface area contributed by atoms with Crippen LogP contribution in [0.4, 0.5) is 22.0 Å². The van der Waals surface area contributed by atoms with Gasteiger partial charge >= 0.3 is 6.03 Å². The number of para-hydroxylation sites is 1. The molecular weight excluding hydrogens is 292 g/mol. The molecule has 2 aromatic heterocycles. The quantitative estimate of drug-likeness (QED) is 0.667. The molecule has 2 amide bonds. The Bertz CT molecular complexity index is 740. The van der Waals surface area contributed by atoms with Crippen LogP contribution in [0.25, 0.3) is 0 Å². The van der Waals surface area contributed by atoms with E-state index in [9.17, 15) is 4.79 Å². The fourth-order valence-corrected chi connectivity index (χ4v) is 1.98. The molecule has 1 aromatic carbocycles. The van der Waals surface area contributed by atoms with E-state index >= 15 is 0 Å². The molecule has 0 aliphatic heterocycles. The third-order valence-electron chi connectivity index (χ3n) is 3.08. The van der Waals surface area contributed by atoms with Gasteiger partial charge in [0.2, 0.25) is 0 Å². The number of urea groups is 1. The highest BCUT2D eigenvalue weighted by atomic mass is 16.3. The minimum absolute atomic E-state index is 0.311. The lowest BCUT2D eigenvalue weighted by atomic mass is 10.3. The average molecular weight is 308 g/mol. The SMILES string of the molecule is O=C(Nc1ccccc1)Nc1ccc(NCc2ccco2)nc1. The van der Waals surface area contributed by atoms with Gasteiger partial charge in [0.1, 0.15) is 11.6 Å². The maximum absolute atomic E-state index is 11.9. The van der Waals surface area contributed by atoms with Crippen molar-refractivity contribution in [1.29, 1.82) is 0 Å². The fraction of sp³-hybridized carbons (Fsp3) is 0.0588. The first-order chi connectivity index (χ1) is 11.3. The first kappa shape index (κ1) is 14.6. The molecular formula is C17H16N4O2. The molecule has 0 bridgehead atoms. The highest BCUT2D eigenvalue weighted by Crippen LogP contribution is 2.12. The zero-order chi connectivity index (χ0) is 15.9. The molecule has 6 nitrogen and oxygen atoms in total. The van der Waals surface area contributed by atoms with Gasteiger partial charge in [0.15, 0.2) is 0 Å². The van der Waals surface area contributed by atoms with Gasteiger partial charge in [-0.25, -0.2) is 9.78 Å². The molecule has 0 spiro atoms. The van der Waals surface area contributed by atoms with E-state index in [2.05, 4.69) is 20.9 Å². The van der Waals surface area contributed by atoms with Crippen molar-refractivity contribution in [3.63, 3.8) is 0 Å². The molecule has 3 aromatic rings. The highest BCUT2D eigenvalue weighted by molar-refractivity contribution is 5.99. The van der Waals surface area contributed by atoms with Crippen molar-refractivity contribution in [2.24, 2.45) is 0 Å². The molecule has 3 rings (SSSR count). The molecule has 0 aliphatic carbocycles. The molecule has 0 unspecified atom stereocenters. The molecule has 0 aliphatic rings. The van der Waals surface area contributed by atoms with E-state index in [1.807, 2.05) is 42.5 Å². The van der Waals surface area contributed by atoms with Crippen LogP contribution >= 0.6 is 0 Å². The van der Waals surface area contributed by atoms with E-state index in [0.29, 0.717) is 18.1 Å². The lowest BCUT2D eigenvalue weighted by molar-refractivity contribution is 0.262. The number of hydrogen-bond acceptors (Lipinski definition) is 4. The summed E-state index contributed by atoms with van der Waals surface area (Å²) >= 11 is 0. The third-order valence-corrected chi connectivity index (χ3v) is 3.08. The van der Waals surface area contributed by atoms with Crippen molar-refractivity contribution in [1.82, 2.24) is 4.98 Å². The number of hydrogen-bond donors (Lipinski definition) is 3. The first-order valence-electron chi connectivity index (χ1n) is 7.15. The second-order valence-corrected chi connectivity index (χ2v) is 4.81. The van der Waals surface area contributed by atoms with Crippen molar-refractivity contribution < 1.29 is 9.21 Å². The Morgan fingerprint density at radius 2 is 1.78 bits per heavy atom. The van der Waals surface area contributed by atoms with Crippen LogP contribution in [0.5, 0.6) is 0 Å². The van der Waals surface area contributed by atoms with Gasteiger partial charge in [0.25, 0.3) is 0 Å². The van der Waals surface area contributed by atoms with Crippen LogP contribution in [-0.2, 0) is 6.54 Å². The van der Waals surface area contributed by atoms with Gasteiger partial charge in [-0.15, -0.1) is 0 Å². The summed E-state index contributed by atoms with van der Waals surface area (Å²) in [7, 11) is 0. The number of furan rings is 1. The van der Waals surface area contributed by atoms with Crippen LogP contribution in [0.15, 0.2) is 71.5 Å². The van der Waals surface area contributed by atoms with Crippen molar-refractivity contribution in [2.75, 3.05) is 16.0 Å². The Kier molecular flexibility index (Phi) is 4.54. The Morgan fingerprint density at radius 3 is 2.48 bits per heavy atom. The van der Waals surface area contributed by atoms with Gasteiger partial charge in [0, 0.05) is 5.69 Å². The molecule has 6 heteroatoms. The van der Waals surface area contributed by atoms with Crippen molar-refractivity contribution in [3.8, 4) is 0 Å². The van der Waals surface area contributed by atoms with Crippen LogP contribution in [0.1, 0.15) is 5.76 Å². The average Bonchev–Trinajstić information content (AvgIpc) is 3.08. The standard InChI is InChI=1S/C17H16N4O2/c22-17(20-13-5-2-1-3-6-13)21-14-8-9-16(18-11-14)19-12-15-7-4-10-23-15/h1-11H,12H2,(H,18,19)(H2,20,21,22). The Hall–Kier alpha value is -3.28. The van der Waals surface area contributed by atoms with Crippen LogP contribution in [0, 0.1) is 0 Å². The summed E-state index contributed by atoms with van der Waals surface area (Å²) in [5.41, 5.74) is 1.34. The normalized spacial score (nSPS) is 10.1. The molecule has 0 radical (unpaired) electrons. The molecule has 116 valence electrons. The van der Waals surface area contributed by atoms with E-state index in [1.54, 1.807) is 24.6 Å². The van der Waals surface area contributed by atoms with Gasteiger partial charge in [-0.1, -0.05) is 18.2 Å². The van der Waals surface area contributed by atoms with E-state index in [4.69, 9.17) is 4.42 Å². The van der Waals surface area contributed by atoms with Crippen LogP contribution in [0.2, 0.25) is 0 Å². The number of benzene rings is 1. The predicted octanol–water partition coefficient (Wildman–Crippen LogP) is 3.93. The summed E-state index contributed by atoms with van der Waals surface area (Å²) in [6.07, 6.45) is 3.22. The molecule has 0 fully saturated rings. The highest BCUT2D eigenvalue weighted by Gasteiger charge is 2.03. The lowest BCUT2D eigenvalue weighted by Gasteiger charge is -2.08. The number of carbonyl (C=O) groups is 1. The topological polar surface area (TPSA) is 79.2 Å². The Balaban J connectivity index is 1.51. The summed E-state index contributed by atoms with van der Waals surface area (Å²) in [6, 6.07) is 16.2. The Morgan fingerprint density at radius 1 is 0.957 bits per heavy atom. The van der Waals surface area contributed by atoms with Gasteiger partial charge in [0.05, 0.1) is 24.7 Å². The van der Waals surface area contributed by atoms with Gasteiger partial charge < -0.3 is 20.4 Å². The molecule has 3 N–H and O–H groups in total. The number of anilines is 3. The zero-order valence-corrected chi connectivity index (χ0v) is 12.3. The summed E-state index contributed by atoms with van der Waals surface area (Å²) in [6.45, 7) is 0.557. The number of rotatable bonds is 5. The van der Waals surface area contributed by atoms with E-state index in [0.717, 1.165) is 11.4 Å². The molecule has 0 atom stereocenters. The minimum Gasteiger partial charge on any atom is -0.467 e. The maximum Gasteiger partial charge on any atom is 0.323 e. The number of nitrogens with zero attached hydrogens (tertiary/aromatic N) is 1.